The Morgan fingerprint density at radius 1 is 1.47 bits per heavy atom. The molecular formula is C15H17NO3. The molecule has 1 aliphatic rings. The van der Waals surface area contributed by atoms with Crippen LogP contribution in [0.1, 0.15) is 30.6 Å². The fourth-order valence-corrected chi connectivity index (χ4v) is 2.02. The quantitative estimate of drug-likeness (QED) is 0.616. The van der Waals surface area contributed by atoms with Gasteiger partial charge >= 0.3 is 0 Å². The summed E-state index contributed by atoms with van der Waals surface area (Å²) in [4.78, 5) is 25.3. The smallest absolute Gasteiger partial charge is 0.265 e. The summed E-state index contributed by atoms with van der Waals surface area (Å²) in [5, 5.41) is 0. The minimum absolute atomic E-state index is 0.0291. The van der Waals surface area contributed by atoms with Crippen molar-refractivity contribution < 1.29 is 14.3 Å². The van der Waals surface area contributed by atoms with Gasteiger partial charge < -0.3 is 9.64 Å². The van der Waals surface area contributed by atoms with Crippen molar-refractivity contribution in [1.29, 1.82) is 0 Å². The first kappa shape index (κ1) is 13.3. The molecule has 1 aromatic rings. The van der Waals surface area contributed by atoms with E-state index in [9.17, 15) is 9.59 Å². The first-order valence-electron chi connectivity index (χ1n) is 6.27. The number of hydrogen-bond acceptors (Lipinski definition) is 3. The Balaban J connectivity index is 2.43. The van der Waals surface area contributed by atoms with Crippen LogP contribution in [0.4, 0.5) is 5.69 Å². The van der Waals surface area contributed by atoms with Crippen molar-refractivity contribution in [3.05, 3.63) is 35.9 Å². The number of anilines is 1. The standard InChI is InChI=1S/C15H17NO3/c1-4-13(17)11-5-6-14-12(7-11)16(8-10(2)3)15(18)9-19-14/h5-7H,2,4,8-9H2,1,3H3. The molecule has 100 valence electrons. The molecule has 4 nitrogen and oxygen atoms in total. The van der Waals surface area contributed by atoms with Crippen molar-refractivity contribution in [1.82, 2.24) is 0 Å². The van der Waals surface area contributed by atoms with Gasteiger partial charge in [-0.25, -0.2) is 0 Å². The van der Waals surface area contributed by atoms with Crippen LogP contribution in [-0.4, -0.2) is 24.8 Å². The van der Waals surface area contributed by atoms with Gasteiger partial charge in [0.25, 0.3) is 5.91 Å². The number of nitrogens with zero attached hydrogens (tertiary/aromatic N) is 1. The number of fused-ring (bicyclic) bond motifs is 1. The lowest BCUT2D eigenvalue weighted by Gasteiger charge is -2.29. The lowest BCUT2D eigenvalue weighted by Crippen LogP contribution is -2.39. The van der Waals surface area contributed by atoms with Crippen LogP contribution in [0.5, 0.6) is 5.75 Å². The number of amides is 1. The molecule has 4 heteroatoms. The number of carbonyl (C=O) groups excluding carboxylic acids is 2. The van der Waals surface area contributed by atoms with Gasteiger partial charge in [-0.15, -0.1) is 0 Å². The van der Waals surface area contributed by atoms with E-state index in [0.29, 0.717) is 30.0 Å². The molecular weight excluding hydrogens is 242 g/mol. The minimum atomic E-state index is -0.114. The largest absolute Gasteiger partial charge is 0.482 e. The first-order chi connectivity index (χ1) is 9.02. The van der Waals surface area contributed by atoms with E-state index in [2.05, 4.69) is 6.58 Å². The molecule has 0 saturated carbocycles. The van der Waals surface area contributed by atoms with Gasteiger partial charge in [-0.3, -0.25) is 9.59 Å². The molecule has 0 atom stereocenters. The van der Waals surface area contributed by atoms with Crippen LogP contribution in [0, 0.1) is 0 Å². The number of ketones is 1. The van der Waals surface area contributed by atoms with Gasteiger partial charge in [-0.2, -0.15) is 0 Å². The van der Waals surface area contributed by atoms with E-state index in [0.717, 1.165) is 5.57 Å². The maximum Gasteiger partial charge on any atom is 0.265 e. The van der Waals surface area contributed by atoms with Gasteiger partial charge in [-0.1, -0.05) is 19.1 Å². The summed E-state index contributed by atoms with van der Waals surface area (Å²) in [7, 11) is 0. The van der Waals surface area contributed by atoms with Crippen LogP contribution in [0.25, 0.3) is 0 Å². The van der Waals surface area contributed by atoms with Crippen molar-refractivity contribution >= 4 is 17.4 Å². The number of Topliss-reactive ketones (excluding diaryl/α,β-unsaturated/α-hetero) is 1. The van der Waals surface area contributed by atoms with Gasteiger partial charge in [0, 0.05) is 18.5 Å². The van der Waals surface area contributed by atoms with Gasteiger partial charge in [0.05, 0.1) is 5.69 Å². The van der Waals surface area contributed by atoms with E-state index < -0.39 is 0 Å². The van der Waals surface area contributed by atoms with Crippen molar-refractivity contribution in [2.75, 3.05) is 18.1 Å². The molecule has 0 bridgehead atoms. The maximum absolute atomic E-state index is 11.9. The number of carbonyl (C=O) groups is 2. The monoisotopic (exact) mass is 259 g/mol. The molecule has 1 heterocycles. The van der Waals surface area contributed by atoms with Crippen LogP contribution < -0.4 is 9.64 Å². The van der Waals surface area contributed by atoms with Crippen LogP contribution >= 0.6 is 0 Å². The second-order valence-corrected chi connectivity index (χ2v) is 4.68. The summed E-state index contributed by atoms with van der Waals surface area (Å²) in [5.41, 5.74) is 2.14. The molecule has 1 amide bonds. The summed E-state index contributed by atoms with van der Waals surface area (Å²) in [6.45, 7) is 7.98. The van der Waals surface area contributed by atoms with E-state index in [1.54, 1.807) is 23.1 Å². The normalized spacial score (nSPS) is 13.8. The summed E-state index contributed by atoms with van der Waals surface area (Å²) in [5.74, 6) is 0.571. The highest BCUT2D eigenvalue weighted by molar-refractivity contribution is 6.02. The second-order valence-electron chi connectivity index (χ2n) is 4.68. The van der Waals surface area contributed by atoms with Crippen LogP contribution in [0.2, 0.25) is 0 Å². The lowest BCUT2D eigenvalue weighted by molar-refractivity contribution is -0.121. The van der Waals surface area contributed by atoms with Gasteiger partial charge in [0.2, 0.25) is 0 Å². The second kappa shape index (κ2) is 5.26. The third kappa shape index (κ3) is 2.67. The van der Waals surface area contributed by atoms with E-state index in [1.807, 2.05) is 13.8 Å². The molecule has 0 saturated heterocycles. The third-order valence-corrected chi connectivity index (χ3v) is 2.97. The number of hydrogen-bond donors (Lipinski definition) is 0. The third-order valence-electron chi connectivity index (χ3n) is 2.97. The SMILES string of the molecule is C=C(C)CN1C(=O)COc2ccc(C(=O)CC)cc21. The topological polar surface area (TPSA) is 46.6 Å². The Hall–Kier alpha value is -2.10. The fourth-order valence-electron chi connectivity index (χ4n) is 2.02. The van der Waals surface area contributed by atoms with Crippen LogP contribution in [0.3, 0.4) is 0 Å². The maximum atomic E-state index is 11.9. The zero-order valence-corrected chi connectivity index (χ0v) is 11.2. The predicted molar refractivity (Wildman–Crippen MR) is 73.7 cm³/mol. The van der Waals surface area contributed by atoms with Crippen LogP contribution in [0.15, 0.2) is 30.4 Å². The van der Waals surface area contributed by atoms with Crippen molar-refractivity contribution in [2.45, 2.75) is 20.3 Å². The molecule has 19 heavy (non-hydrogen) atoms. The molecule has 0 N–H and O–H groups in total. The zero-order valence-electron chi connectivity index (χ0n) is 11.2. The summed E-state index contributed by atoms with van der Waals surface area (Å²) >= 11 is 0. The Morgan fingerprint density at radius 3 is 2.84 bits per heavy atom. The summed E-state index contributed by atoms with van der Waals surface area (Å²) < 4.78 is 5.38. The van der Waals surface area contributed by atoms with Gasteiger partial charge in [-0.05, 0) is 25.1 Å². The molecule has 0 spiro atoms. The number of ether oxygens (including phenoxy) is 1. The van der Waals surface area contributed by atoms with Crippen LogP contribution in [-0.2, 0) is 4.79 Å². The Bertz CT molecular complexity index is 548. The van der Waals surface area contributed by atoms with Gasteiger partial charge in [0.15, 0.2) is 12.4 Å². The first-order valence-corrected chi connectivity index (χ1v) is 6.27. The average molecular weight is 259 g/mol. The van der Waals surface area contributed by atoms with Crippen molar-refractivity contribution in [3.8, 4) is 5.75 Å². The fraction of sp³-hybridized carbons (Fsp3) is 0.333. The molecule has 0 aliphatic carbocycles. The summed E-state index contributed by atoms with van der Waals surface area (Å²) in [6.07, 6.45) is 0.439. The lowest BCUT2D eigenvalue weighted by atomic mass is 10.1. The summed E-state index contributed by atoms with van der Waals surface area (Å²) in [6, 6.07) is 5.21. The highest BCUT2D eigenvalue weighted by atomic mass is 16.5. The average Bonchev–Trinajstić information content (AvgIpc) is 2.40. The zero-order chi connectivity index (χ0) is 14.0. The highest BCUT2D eigenvalue weighted by Gasteiger charge is 2.26. The molecule has 2 rings (SSSR count). The molecule has 0 aromatic heterocycles. The molecule has 0 unspecified atom stereocenters. The highest BCUT2D eigenvalue weighted by Crippen LogP contribution is 2.33. The number of rotatable bonds is 4. The molecule has 1 aliphatic heterocycles. The van der Waals surface area contributed by atoms with Gasteiger partial charge in [0.1, 0.15) is 5.75 Å². The van der Waals surface area contributed by atoms with Crippen molar-refractivity contribution in [3.63, 3.8) is 0 Å². The predicted octanol–water partition coefficient (Wildman–Crippen LogP) is 2.58. The number of benzene rings is 1. The van der Waals surface area contributed by atoms with E-state index >= 15 is 0 Å². The van der Waals surface area contributed by atoms with E-state index in [4.69, 9.17) is 4.74 Å². The minimum Gasteiger partial charge on any atom is -0.482 e. The van der Waals surface area contributed by atoms with Crippen molar-refractivity contribution in [2.24, 2.45) is 0 Å². The molecule has 0 radical (unpaired) electrons. The Kier molecular flexibility index (Phi) is 3.69. The Morgan fingerprint density at radius 2 is 2.21 bits per heavy atom. The Labute approximate surface area is 112 Å². The van der Waals surface area contributed by atoms with E-state index in [-0.39, 0.29) is 18.3 Å². The molecule has 1 aromatic carbocycles. The molecule has 0 fully saturated rings. The van der Waals surface area contributed by atoms with E-state index in [1.165, 1.54) is 0 Å².